The van der Waals surface area contributed by atoms with Crippen LogP contribution in [-0.4, -0.2) is 44.9 Å². The predicted octanol–water partition coefficient (Wildman–Crippen LogP) is 1.58. The van der Waals surface area contributed by atoms with Gasteiger partial charge in [-0.05, 0) is 39.7 Å². The molecule has 1 aromatic heterocycles. The van der Waals surface area contributed by atoms with Crippen LogP contribution >= 0.6 is 0 Å². The van der Waals surface area contributed by atoms with Gasteiger partial charge in [-0.2, -0.15) is 4.31 Å². The second-order valence-electron chi connectivity index (χ2n) is 5.75. The Morgan fingerprint density at radius 1 is 1.35 bits per heavy atom. The van der Waals surface area contributed by atoms with Crippen LogP contribution in [0.25, 0.3) is 0 Å². The van der Waals surface area contributed by atoms with Crippen LogP contribution in [0.3, 0.4) is 0 Å². The molecule has 1 saturated heterocycles. The highest BCUT2D eigenvalue weighted by molar-refractivity contribution is 7.89. The minimum atomic E-state index is -3.85. The Morgan fingerprint density at radius 2 is 2.04 bits per heavy atom. The van der Waals surface area contributed by atoms with Crippen LogP contribution in [0.1, 0.15) is 47.6 Å². The van der Waals surface area contributed by atoms with Crippen molar-refractivity contribution in [2.45, 2.75) is 50.5 Å². The highest BCUT2D eigenvalue weighted by Crippen LogP contribution is 2.33. The Balaban J connectivity index is 2.53. The summed E-state index contributed by atoms with van der Waals surface area (Å²) >= 11 is 0. The van der Waals surface area contributed by atoms with Crippen LogP contribution in [0.2, 0.25) is 0 Å². The molecule has 7 nitrogen and oxygen atoms in total. The molecule has 1 fully saturated rings. The first-order valence-corrected chi connectivity index (χ1v) is 9.18. The van der Waals surface area contributed by atoms with Crippen LogP contribution in [-0.2, 0) is 14.8 Å². The van der Waals surface area contributed by atoms with Gasteiger partial charge in [0.25, 0.3) is 0 Å². The number of hydrogen-bond donors (Lipinski definition) is 1. The van der Waals surface area contributed by atoms with Crippen molar-refractivity contribution in [1.29, 1.82) is 0 Å². The zero-order valence-corrected chi connectivity index (χ0v) is 14.6. The molecule has 0 aliphatic carbocycles. The van der Waals surface area contributed by atoms with E-state index in [1.165, 1.54) is 11.4 Å². The van der Waals surface area contributed by atoms with E-state index in [2.05, 4.69) is 0 Å². The summed E-state index contributed by atoms with van der Waals surface area (Å²) in [6.07, 6.45) is 3.15. The van der Waals surface area contributed by atoms with Crippen LogP contribution in [0.4, 0.5) is 0 Å². The molecular weight excluding hydrogens is 320 g/mol. The van der Waals surface area contributed by atoms with Crippen molar-refractivity contribution in [3.05, 3.63) is 17.1 Å². The third kappa shape index (κ3) is 3.29. The number of piperidine rings is 1. The molecule has 1 unspecified atom stereocenters. The molecule has 0 aromatic carbocycles. The van der Waals surface area contributed by atoms with Crippen molar-refractivity contribution in [2.75, 3.05) is 20.2 Å². The molecule has 130 valence electrons. The van der Waals surface area contributed by atoms with Crippen LogP contribution in [0.5, 0.6) is 0 Å². The second-order valence-corrected chi connectivity index (χ2v) is 7.58. The molecule has 0 saturated carbocycles. The van der Waals surface area contributed by atoms with Gasteiger partial charge in [-0.3, -0.25) is 0 Å². The van der Waals surface area contributed by atoms with E-state index in [9.17, 15) is 13.2 Å². The standard InChI is InChI=1S/C15H24N2O5S/c1-10-13(15(18)21-3)14(11(2)22-10)23(19,20)17-9-5-4-6-12(17)7-8-16/h12H,4-9,16H2,1-3H3. The molecule has 0 radical (unpaired) electrons. The van der Waals surface area contributed by atoms with Crippen molar-refractivity contribution < 1.29 is 22.4 Å². The fraction of sp³-hybridized carbons (Fsp3) is 0.667. The first kappa shape index (κ1) is 18.0. The summed E-state index contributed by atoms with van der Waals surface area (Å²) in [7, 11) is -2.62. The maximum absolute atomic E-state index is 13.2. The summed E-state index contributed by atoms with van der Waals surface area (Å²) in [4.78, 5) is 11.9. The number of nitrogens with zero attached hydrogens (tertiary/aromatic N) is 1. The molecule has 8 heteroatoms. The molecule has 0 bridgehead atoms. The predicted molar refractivity (Wildman–Crippen MR) is 84.7 cm³/mol. The van der Waals surface area contributed by atoms with Crippen molar-refractivity contribution in [3.63, 3.8) is 0 Å². The monoisotopic (exact) mass is 344 g/mol. The summed E-state index contributed by atoms with van der Waals surface area (Å²) in [5, 5.41) is 0. The van der Waals surface area contributed by atoms with E-state index >= 15 is 0 Å². The Morgan fingerprint density at radius 3 is 2.65 bits per heavy atom. The largest absolute Gasteiger partial charge is 0.465 e. The highest BCUT2D eigenvalue weighted by atomic mass is 32.2. The van der Waals surface area contributed by atoms with E-state index in [0.717, 1.165) is 19.3 Å². The molecule has 0 spiro atoms. The molecule has 1 aliphatic rings. The van der Waals surface area contributed by atoms with Gasteiger partial charge in [-0.25, -0.2) is 13.2 Å². The van der Waals surface area contributed by atoms with Gasteiger partial charge in [-0.15, -0.1) is 0 Å². The number of hydrogen-bond acceptors (Lipinski definition) is 6. The van der Waals surface area contributed by atoms with Crippen molar-refractivity contribution in [2.24, 2.45) is 5.73 Å². The molecule has 2 heterocycles. The number of ether oxygens (including phenoxy) is 1. The van der Waals surface area contributed by atoms with E-state index < -0.39 is 16.0 Å². The fourth-order valence-corrected chi connectivity index (χ4v) is 5.30. The Kier molecular flexibility index (Phi) is 5.49. The highest BCUT2D eigenvalue weighted by Gasteiger charge is 2.39. The number of aryl methyl sites for hydroxylation is 2. The molecule has 0 amide bonds. The first-order valence-electron chi connectivity index (χ1n) is 7.74. The summed E-state index contributed by atoms with van der Waals surface area (Å²) in [6, 6.07) is -0.140. The van der Waals surface area contributed by atoms with Gasteiger partial charge in [0.05, 0.1) is 7.11 Å². The van der Waals surface area contributed by atoms with Crippen molar-refractivity contribution in [3.8, 4) is 0 Å². The third-order valence-electron chi connectivity index (χ3n) is 4.23. The lowest BCUT2D eigenvalue weighted by molar-refractivity contribution is 0.0594. The third-order valence-corrected chi connectivity index (χ3v) is 6.34. The maximum atomic E-state index is 13.2. The van der Waals surface area contributed by atoms with Gasteiger partial charge >= 0.3 is 5.97 Å². The number of carbonyl (C=O) groups is 1. The first-order chi connectivity index (χ1) is 10.8. The molecule has 1 aromatic rings. The minimum Gasteiger partial charge on any atom is -0.465 e. The lowest BCUT2D eigenvalue weighted by Gasteiger charge is -2.34. The SMILES string of the molecule is COC(=O)c1c(C)oc(C)c1S(=O)(=O)N1CCCCC1CCN. The molecule has 23 heavy (non-hydrogen) atoms. The Hall–Kier alpha value is -1.38. The minimum absolute atomic E-state index is 0.0120. The summed E-state index contributed by atoms with van der Waals surface area (Å²) in [5.74, 6) is -0.245. The van der Waals surface area contributed by atoms with E-state index in [1.54, 1.807) is 13.8 Å². The topological polar surface area (TPSA) is 103 Å². The summed E-state index contributed by atoms with van der Waals surface area (Å²) < 4.78 is 37.9. The van der Waals surface area contributed by atoms with Gasteiger partial charge < -0.3 is 14.9 Å². The number of sulfonamides is 1. The number of rotatable bonds is 5. The van der Waals surface area contributed by atoms with E-state index in [0.29, 0.717) is 19.5 Å². The summed E-state index contributed by atoms with van der Waals surface area (Å²) in [6.45, 7) is 3.96. The average molecular weight is 344 g/mol. The zero-order valence-electron chi connectivity index (χ0n) is 13.8. The Labute approximate surface area is 136 Å². The molecule has 1 aliphatic heterocycles. The van der Waals surface area contributed by atoms with Crippen LogP contribution in [0.15, 0.2) is 9.31 Å². The molecule has 1 atom stereocenters. The lowest BCUT2D eigenvalue weighted by atomic mass is 10.0. The van der Waals surface area contributed by atoms with Crippen LogP contribution < -0.4 is 5.73 Å². The molecule has 2 rings (SSSR count). The number of carbonyl (C=O) groups excluding carboxylic acids is 1. The van der Waals surface area contributed by atoms with E-state index in [1.807, 2.05) is 0 Å². The number of methoxy groups -OCH3 is 1. The van der Waals surface area contributed by atoms with E-state index in [-0.39, 0.29) is 28.0 Å². The molecule has 2 N–H and O–H groups in total. The smallest absolute Gasteiger partial charge is 0.342 e. The average Bonchev–Trinajstić information content (AvgIpc) is 2.82. The van der Waals surface area contributed by atoms with Crippen molar-refractivity contribution >= 4 is 16.0 Å². The van der Waals surface area contributed by atoms with Gasteiger partial charge in [0, 0.05) is 12.6 Å². The van der Waals surface area contributed by atoms with Gasteiger partial charge in [0.1, 0.15) is 22.0 Å². The number of nitrogens with two attached hydrogens (primary N) is 1. The Bertz CT molecular complexity index is 678. The number of furan rings is 1. The lowest BCUT2D eigenvalue weighted by Crippen LogP contribution is -2.45. The normalized spacial score (nSPS) is 19.7. The summed E-state index contributed by atoms with van der Waals surface area (Å²) in [5.41, 5.74) is 5.61. The second kappa shape index (κ2) is 7.02. The molecular formula is C15H24N2O5S. The van der Waals surface area contributed by atoms with Gasteiger partial charge in [0.2, 0.25) is 10.0 Å². The van der Waals surface area contributed by atoms with Gasteiger partial charge in [-0.1, -0.05) is 6.42 Å². The van der Waals surface area contributed by atoms with E-state index in [4.69, 9.17) is 14.9 Å². The zero-order chi connectivity index (χ0) is 17.2. The van der Waals surface area contributed by atoms with Crippen LogP contribution in [0, 0.1) is 13.8 Å². The van der Waals surface area contributed by atoms with Crippen molar-refractivity contribution in [1.82, 2.24) is 4.31 Å². The quantitative estimate of drug-likeness (QED) is 0.813. The van der Waals surface area contributed by atoms with Gasteiger partial charge in [0.15, 0.2) is 0 Å². The maximum Gasteiger partial charge on any atom is 0.342 e. The number of esters is 1. The fourth-order valence-electron chi connectivity index (χ4n) is 3.20.